The van der Waals surface area contributed by atoms with Crippen molar-refractivity contribution in [3.8, 4) is 0 Å². The van der Waals surface area contributed by atoms with Gasteiger partial charge in [-0.3, -0.25) is 0 Å². The first-order chi connectivity index (χ1) is 4.90. The van der Waals surface area contributed by atoms with Gasteiger partial charge in [0.15, 0.2) is 0 Å². The zero-order chi connectivity index (χ0) is 9.07. The third kappa shape index (κ3) is 4.05. The van der Waals surface area contributed by atoms with Crippen LogP contribution in [-0.2, 0) is 0 Å². The van der Waals surface area contributed by atoms with Gasteiger partial charge in [0, 0.05) is 0 Å². The van der Waals surface area contributed by atoms with Gasteiger partial charge in [-0.05, 0) is 26.8 Å². The highest BCUT2D eigenvalue weighted by molar-refractivity contribution is 6.85. The van der Waals surface area contributed by atoms with Crippen molar-refractivity contribution < 1.29 is 0 Å². The van der Waals surface area contributed by atoms with Crippen molar-refractivity contribution in [1.82, 2.24) is 9.55 Å². The smallest absolute Gasteiger partial charge is 0.120 e. The molecule has 0 aromatic rings. The first-order valence-corrected chi connectivity index (χ1v) is 9.95. The molecule has 11 heavy (non-hydrogen) atoms. The molecule has 0 radical (unpaired) electrons. The Bertz CT molecular complexity index is 115. The fourth-order valence-electron chi connectivity index (χ4n) is 1.03. The lowest BCUT2D eigenvalue weighted by molar-refractivity contribution is 0.624. The molecule has 1 atom stereocenters. The van der Waals surface area contributed by atoms with Gasteiger partial charge in [-0.25, -0.2) is 0 Å². The second-order valence-corrected chi connectivity index (χ2v) is 12.6. The van der Waals surface area contributed by atoms with Crippen LogP contribution in [0.3, 0.4) is 0 Å². The SMILES string of the molecule is CN[SiH](C)C[Si](C)(C)N(C)C. The summed E-state index contributed by atoms with van der Waals surface area (Å²) in [5.41, 5.74) is 1.45. The van der Waals surface area contributed by atoms with Crippen LogP contribution >= 0.6 is 0 Å². The van der Waals surface area contributed by atoms with Crippen molar-refractivity contribution in [3.63, 3.8) is 0 Å². The summed E-state index contributed by atoms with van der Waals surface area (Å²) in [6.45, 7) is 7.26. The Balaban J connectivity index is 3.90. The van der Waals surface area contributed by atoms with Crippen LogP contribution in [0.1, 0.15) is 0 Å². The molecule has 0 saturated heterocycles. The molecule has 0 heterocycles. The van der Waals surface area contributed by atoms with Crippen LogP contribution in [0.4, 0.5) is 0 Å². The monoisotopic (exact) mass is 190 g/mol. The van der Waals surface area contributed by atoms with Crippen LogP contribution < -0.4 is 4.98 Å². The molecule has 4 heteroatoms. The van der Waals surface area contributed by atoms with Gasteiger partial charge in [0.1, 0.15) is 17.2 Å². The van der Waals surface area contributed by atoms with Crippen LogP contribution in [-0.4, -0.2) is 42.9 Å². The molecule has 0 rings (SSSR count). The van der Waals surface area contributed by atoms with Gasteiger partial charge >= 0.3 is 0 Å². The molecule has 0 spiro atoms. The molecule has 1 N–H and O–H groups in total. The van der Waals surface area contributed by atoms with Crippen LogP contribution in [0.2, 0.25) is 25.3 Å². The lowest BCUT2D eigenvalue weighted by Gasteiger charge is -2.32. The van der Waals surface area contributed by atoms with E-state index >= 15 is 0 Å². The van der Waals surface area contributed by atoms with E-state index in [9.17, 15) is 0 Å². The lowest BCUT2D eigenvalue weighted by Crippen LogP contribution is -2.49. The highest BCUT2D eigenvalue weighted by Crippen LogP contribution is 2.12. The fraction of sp³-hybridized carbons (Fsp3) is 1.00. The second kappa shape index (κ2) is 4.40. The minimum atomic E-state index is -1.03. The fourth-order valence-corrected chi connectivity index (χ4v) is 9.31. The predicted molar refractivity (Wildman–Crippen MR) is 58.0 cm³/mol. The Labute approximate surface area is 73.8 Å². The first-order valence-electron chi connectivity index (χ1n) is 4.25. The summed E-state index contributed by atoms with van der Waals surface area (Å²) in [6, 6.07) is 0. The molecule has 0 aromatic carbocycles. The van der Waals surface area contributed by atoms with Crippen molar-refractivity contribution >= 4 is 17.2 Å². The van der Waals surface area contributed by atoms with E-state index in [1.54, 1.807) is 0 Å². The molecule has 0 amide bonds. The number of hydrogen-bond donors (Lipinski definition) is 1. The average Bonchev–Trinajstić information content (AvgIpc) is 1.86. The predicted octanol–water partition coefficient (Wildman–Crippen LogP) is 0.865. The summed E-state index contributed by atoms with van der Waals surface area (Å²) in [6.07, 6.45) is 0. The molecule has 0 saturated carbocycles. The largest absolute Gasteiger partial charge is 0.343 e. The zero-order valence-electron chi connectivity index (χ0n) is 8.73. The van der Waals surface area contributed by atoms with Crippen molar-refractivity contribution in [2.45, 2.75) is 25.3 Å². The highest BCUT2D eigenvalue weighted by atomic mass is 28.4. The summed E-state index contributed by atoms with van der Waals surface area (Å²) in [5, 5.41) is 0. The number of nitrogens with zero attached hydrogens (tertiary/aromatic N) is 1. The molecular formula is C7H22N2Si2. The summed E-state index contributed by atoms with van der Waals surface area (Å²) >= 11 is 0. The van der Waals surface area contributed by atoms with Gasteiger partial charge in [-0.2, -0.15) is 0 Å². The lowest BCUT2D eigenvalue weighted by atomic mass is 11.3. The van der Waals surface area contributed by atoms with E-state index in [0.717, 1.165) is 0 Å². The minimum Gasteiger partial charge on any atom is -0.343 e. The van der Waals surface area contributed by atoms with Crippen LogP contribution in [0, 0.1) is 0 Å². The van der Waals surface area contributed by atoms with Crippen LogP contribution in [0.25, 0.3) is 0 Å². The van der Waals surface area contributed by atoms with E-state index in [1.165, 1.54) is 5.67 Å². The Hall–Kier alpha value is 0.354. The van der Waals surface area contributed by atoms with Gasteiger partial charge in [0.2, 0.25) is 0 Å². The van der Waals surface area contributed by atoms with Gasteiger partial charge in [-0.1, -0.05) is 19.6 Å². The van der Waals surface area contributed by atoms with Crippen molar-refractivity contribution in [1.29, 1.82) is 0 Å². The molecule has 0 aliphatic rings. The first kappa shape index (κ1) is 11.4. The van der Waals surface area contributed by atoms with Crippen LogP contribution in [0.5, 0.6) is 0 Å². The quantitative estimate of drug-likeness (QED) is 0.662. The minimum absolute atomic E-state index is 0.592. The number of rotatable bonds is 4. The standard InChI is InChI=1S/C7H22N2Si2/c1-8-10(4)7-11(5,6)9(2)3/h8,10H,7H2,1-6H3. The van der Waals surface area contributed by atoms with Gasteiger partial charge in [0.25, 0.3) is 0 Å². The second-order valence-electron chi connectivity index (χ2n) is 4.10. The maximum atomic E-state index is 3.42. The van der Waals surface area contributed by atoms with Gasteiger partial charge < -0.3 is 9.55 Å². The molecule has 68 valence electrons. The summed E-state index contributed by atoms with van der Waals surface area (Å²) in [7, 11) is 4.89. The molecule has 2 nitrogen and oxygen atoms in total. The maximum absolute atomic E-state index is 3.42. The molecule has 0 bridgehead atoms. The van der Waals surface area contributed by atoms with Crippen molar-refractivity contribution in [3.05, 3.63) is 0 Å². The Morgan fingerprint density at radius 2 is 1.82 bits per heavy atom. The average molecular weight is 190 g/mol. The van der Waals surface area contributed by atoms with E-state index in [1.807, 2.05) is 0 Å². The highest BCUT2D eigenvalue weighted by Gasteiger charge is 2.25. The van der Waals surface area contributed by atoms with Crippen molar-refractivity contribution in [2.24, 2.45) is 0 Å². The van der Waals surface area contributed by atoms with Crippen molar-refractivity contribution in [2.75, 3.05) is 21.1 Å². The summed E-state index contributed by atoms with van der Waals surface area (Å²) in [5.74, 6) is 0. The summed E-state index contributed by atoms with van der Waals surface area (Å²) < 4.78 is 2.44. The van der Waals surface area contributed by atoms with E-state index in [2.05, 4.69) is 50.3 Å². The Morgan fingerprint density at radius 1 is 1.36 bits per heavy atom. The Morgan fingerprint density at radius 3 is 2.09 bits per heavy atom. The van der Waals surface area contributed by atoms with E-state index in [-0.39, 0.29) is 0 Å². The maximum Gasteiger partial charge on any atom is 0.120 e. The Kier molecular flexibility index (Phi) is 4.54. The molecule has 0 aliphatic carbocycles. The van der Waals surface area contributed by atoms with Gasteiger partial charge in [0.05, 0.1) is 0 Å². The van der Waals surface area contributed by atoms with E-state index < -0.39 is 17.2 Å². The zero-order valence-corrected chi connectivity index (χ0v) is 10.9. The van der Waals surface area contributed by atoms with Crippen LogP contribution in [0.15, 0.2) is 0 Å². The molecule has 0 fully saturated rings. The topological polar surface area (TPSA) is 15.3 Å². The van der Waals surface area contributed by atoms with E-state index in [0.29, 0.717) is 0 Å². The molecule has 1 unspecified atom stereocenters. The third-order valence-corrected chi connectivity index (χ3v) is 12.4. The third-order valence-electron chi connectivity index (χ3n) is 2.51. The number of nitrogens with one attached hydrogen (secondary N) is 1. The molecule has 0 aliphatic heterocycles. The van der Waals surface area contributed by atoms with E-state index in [4.69, 9.17) is 0 Å². The van der Waals surface area contributed by atoms with Gasteiger partial charge in [-0.15, -0.1) is 0 Å². The summed E-state index contributed by atoms with van der Waals surface area (Å²) in [4.78, 5) is 3.42. The molecular weight excluding hydrogens is 168 g/mol. The number of hydrogen-bond acceptors (Lipinski definition) is 2. The normalized spacial score (nSPS) is 15.5. The molecule has 0 aromatic heterocycles.